The molecule has 2 aliphatic rings. The molecule has 0 unspecified atom stereocenters. The first kappa shape index (κ1) is 21.8. The van der Waals surface area contributed by atoms with Gasteiger partial charge in [-0.2, -0.15) is 4.31 Å². The number of rotatable bonds is 4. The zero-order valence-corrected chi connectivity index (χ0v) is 19.2. The van der Waals surface area contributed by atoms with E-state index in [9.17, 15) is 13.2 Å². The lowest BCUT2D eigenvalue weighted by atomic mass is 9.94. The maximum atomic E-state index is 13.5. The van der Waals surface area contributed by atoms with Crippen molar-refractivity contribution < 1.29 is 17.9 Å². The molecular weight excluding hydrogens is 412 g/mol. The van der Waals surface area contributed by atoms with Gasteiger partial charge in [-0.15, -0.1) is 0 Å². The number of amides is 1. The molecule has 7 heteroatoms. The van der Waals surface area contributed by atoms with Crippen LogP contribution in [0.1, 0.15) is 41.8 Å². The van der Waals surface area contributed by atoms with Crippen LogP contribution in [0.15, 0.2) is 47.4 Å². The van der Waals surface area contributed by atoms with E-state index < -0.39 is 10.0 Å². The van der Waals surface area contributed by atoms with Crippen LogP contribution in [0.4, 0.5) is 0 Å². The highest BCUT2D eigenvalue weighted by molar-refractivity contribution is 7.89. The predicted molar refractivity (Wildman–Crippen MR) is 120 cm³/mol. The zero-order valence-electron chi connectivity index (χ0n) is 18.4. The molecule has 0 aliphatic carbocycles. The number of hydrogen-bond donors (Lipinski definition) is 0. The van der Waals surface area contributed by atoms with Gasteiger partial charge >= 0.3 is 0 Å². The van der Waals surface area contributed by atoms with Crippen LogP contribution < -0.4 is 4.74 Å². The summed E-state index contributed by atoms with van der Waals surface area (Å²) in [7, 11) is -2.31. The fraction of sp³-hybridized carbons (Fsp3) is 0.458. The van der Waals surface area contributed by atoms with Crippen molar-refractivity contribution in [3.05, 3.63) is 59.2 Å². The standard InChI is InChI=1S/C24H30N2O4S/c1-17-12-18(2)15-26(14-17)31(28,29)23-13-20(8-9-22(23)30-3)24(27)25-11-10-19-6-4-5-7-21(19)16-25/h4-9,13,17-18H,10-12,14-16H2,1-3H3/t17-,18-/m1/s1. The number of piperidine rings is 1. The lowest BCUT2D eigenvalue weighted by Gasteiger charge is -2.34. The first-order valence-electron chi connectivity index (χ1n) is 10.8. The van der Waals surface area contributed by atoms with E-state index in [4.69, 9.17) is 4.74 Å². The van der Waals surface area contributed by atoms with Crippen molar-refractivity contribution >= 4 is 15.9 Å². The van der Waals surface area contributed by atoms with Crippen molar-refractivity contribution in [2.24, 2.45) is 11.8 Å². The second-order valence-corrected chi connectivity index (χ2v) is 10.8. The van der Waals surface area contributed by atoms with E-state index in [1.807, 2.05) is 18.2 Å². The van der Waals surface area contributed by atoms with E-state index in [1.165, 1.54) is 23.0 Å². The fourth-order valence-corrected chi connectivity index (χ4v) is 6.67. The smallest absolute Gasteiger partial charge is 0.254 e. The molecule has 0 spiro atoms. The summed E-state index contributed by atoms with van der Waals surface area (Å²) in [6.45, 7) is 6.26. The molecule has 1 saturated heterocycles. The van der Waals surface area contributed by atoms with E-state index >= 15 is 0 Å². The molecule has 0 radical (unpaired) electrons. The number of carbonyl (C=O) groups is 1. The highest BCUT2D eigenvalue weighted by atomic mass is 32.2. The monoisotopic (exact) mass is 442 g/mol. The molecule has 0 saturated carbocycles. The number of ether oxygens (including phenoxy) is 1. The Bertz CT molecular complexity index is 1070. The molecular formula is C24H30N2O4S. The van der Waals surface area contributed by atoms with Crippen LogP contribution in [0, 0.1) is 11.8 Å². The zero-order chi connectivity index (χ0) is 22.2. The Labute approximate surface area is 184 Å². The van der Waals surface area contributed by atoms with E-state index in [1.54, 1.807) is 17.0 Å². The molecule has 2 aromatic rings. The van der Waals surface area contributed by atoms with Crippen LogP contribution >= 0.6 is 0 Å². The van der Waals surface area contributed by atoms with Crippen molar-refractivity contribution in [2.45, 2.75) is 38.1 Å². The number of hydrogen-bond acceptors (Lipinski definition) is 4. The molecule has 0 N–H and O–H groups in total. The van der Waals surface area contributed by atoms with Gasteiger partial charge in [-0.25, -0.2) is 8.42 Å². The van der Waals surface area contributed by atoms with E-state index in [-0.39, 0.29) is 16.6 Å². The second kappa shape index (κ2) is 8.63. The molecule has 1 amide bonds. The summed E-state index contributed by atoms with van der Waals surface area (Å²) in [6, 6.07) is 12.9. The summed E-state index contributed by atoms with van der Waals surface area (Å²) in [5.41, 5.74) is 2.77. The van der Waals surface area contributed by atoms with Crippen LogP contribution in [-0.4, -0.2) is 50.3 Å². The topological polar surface area (TPSA) is 66.9 Å². The van der Waals surface area contributed by atoms with Gasteiger partial charge < -0.3 is 9.64 Å². The van der Waals surface area contributed by atoms with Crippen molar-refractivity contribution in [1.82, 2.24) is 9.21 Å². The molecule has 1 fully saturated rings. The van der Waals surface area contributed by atoms with Crippen molar-refractivity contribution in [1.29, 1.82) is 0 Å². The normalized spacial score (nSPS) is 22.1. The Morgan fingerprint density at radius 1 is 1.03 bits per heavy atom. The third-order valence-corrected chi connectivity index (χ3v) is 8.13. The quantitative estimate of drug-likeness (QED) is 0.726. The Hall–Kier alpha value is -2.38. The lowest BCUT2D eigenvalue weighted by molar-refractivity contribution is 0.0734. The molecule has 2 heterocycles. The summed E-state index contributed by atoms with van der Waals surface area (Å²) in [4.78, 5) is 15.1. The van der Waals surface area contributed by atoms with Gasteiger partial charge in [-0.05, 0) is 54.0 Å². The van der Waals surface area contributed by atoms with Gasteiger partial charge in [0.15, 0.2) is 0 Å². The van der Waals surface area contributed by atoms with Crippen molar-refractivity contribution in [2.75, 3.05) is 26.7 Å². The molecule has 2 atom stereocenters. The Morgan fingerprint density at radius 3 is 2.39 bits per heavy atom. The molecule has 4 rings (SSSR count). The molecule has 0 aromatic heterocycles. The van der Waals surface area contributed by atoms with Crippen molar-refractivity contribution in [3.63, 3.8) is 0 Å². The Kier molecular flexibility index (Phi) is 6.08. The van der Waals surface area contributed by atoms with E-state index in [0.29, 0.717) is 43.6 Å². The van der Waals surface area contributed by atoms with Crippen LogP contribution in [0.2, 0.25) is 0 Å². The Balaban J connectivity index is 1.64. The maximum Gasteiger partial charge on any atom is 0.254 e. The summed E-state index contributed by atoms with van der Waals surface area (Å²) in [5.74, 6) is 0.700. The van der Waals surface area contributed by atoms with E-state index in [0.717, 1.165) is 18.4 Å². The van der Waals surface area contributed by atoms with Crippen molar-refractivity contribution in [3.8, 4) is 5.75 Å². The molecule has 31 heavy (non-hydrogen) atoms. The number of fused-ring (bicyclic) bond motifs is 1. The minimum atomic E-state index is -3.77. The van der Waals surface area contributed by atoms with Crippen LogP contribution in [0.25, 0.3) is 0 Å². The summed E-state index contributed by atoms with van der Waals surface area (Å²) in [6.07, 6.45) is 1.81. The first-order valence-corrected chi connectivity index (χ1v) is 12.3. The molecule has 2 aromatic carbocycles. The first-order chi connectivity index (χ1) is 14.8. The number of methoxy groups -OCH3 is 1. The average Bonchev–Trinajstić information content (AvgIpc) is 2.77. The van der Waals surface area contributed by atoms with Gasteiger partial charge in [0.05, 0.1) is 7.11 Å². The average molecular weight is 443 g/mol. The predicted octanol–water partition coefficient (Wildman–Crippen LogP) is 3.56. The number of carbonyl (C=O) groups excluding carboxylic acids is 1. The number of sulfonamides is 1. The van der Waals surface area contributed by atoms with Gasteiger partial charge in [0.2, 0.25) is 10.0 Å². The molecule has 2 aliphatic heterocycles. The van der Waals surface area contributed by atoms with Crippen LogP contribution in [0.5, 0.6) is 5.75 Å². The third-order valence-electron chi connectivity index (χ3n) is 6.28. The number of benzene rings is 2. The summed E-state index contributed by atoms with van der Waals surface area (Å²) < 4.78 is 33.9. The minimum Gasteiger partial charge on any atom is -0.495 e. The van der Waals surface area contributed by atoms with Crippen LogP contribution in [0.3, 0.4) is 0 Å². The highest BCUT2D eigenvalue weighted by Gasteiger charge is 2.34. The minimum absolute atomic E-state index is 0.0690. The lowest BCUT2D eigenvalue weighted by Crippen LogP contribution is -2.42. The highest BCUT2D eigenvalue weighted by Crippen LogP contribution is 2.32. The largest absolute Gasteiger partial charge is 0.495 e. The molecule has 166 valence electrons. The fourth-order valence-electron chi connectivity index (χ4n) is 4.80. The number of nitrogens with zero attached hydrogens (tertiary/aromatic N) is 2. The third kappa shape index (κ3) is 4.34. The van der Waals surface area contributed by atoms with E-state index in [2.05, 4.69) is 19.9 Å². The van der Waals surface area contributed by atoms with Gasteiger partial charge in [0, 0.05) is 31.7 Å². The van der Waals surface area contributed by atoms with Gasteiger partial charge in [-0.3, -0.25) is 4.79 Å². The Morgan fingerprint density at radius 2 is 1.71 bits per heavy atom. The van der Waals surface area contributed by atoms with Gasteiger partial charge in [0.25, 0.3) is 5.91 Å². The molecule has 6 nitrogen and oxygen atoms in total. The summed E-state index contributed by atoms with van der Waals surface area (Å²) in [5, 5.41) is 0. The second-order valence-electron chi connectivity index (χ2n) is 8.88. The maximum absolute atomic E-state index is 13.5. The summed E-state index contributed by atoms with van der Waals surface area (Å²) >= 11 is 0. The van der Waals surface area contributed by atoms with Gasteiger partial charge in [0.1, 0.15) is 10.6 Å². The van der Waals surface area contributed by atoms with Crippen LogP contribution in [-0.2, 0) is 23.0 Å². The molecule has 0 bridgehead atoms. The van der Waals surface area contributed by atoms with Gasteiger partial charge in [-0.1, -0.05) is 38.1 Å². The SMILES string of the molecule is COc1ccc(C(=O)N2CCc3ccccc3C2)cc1S(=O)(=O)N1C[C@H](C)C[C@@H](C)C1.